The summed E-state index contributed by atoms with van der Waals surface area (Å²) in [5, 5.41) is 4.69. The summed E-state index contributed by atoms with van der Waals surface area (Å²) in [5.74, 6) is 0. The number of hydrogen-bond acceptors (Lipinski definition) is 2. The normalized spacial score (nSPS) is 11.3. The second-order valence-corrected chi connectivity index (χ2v) is 13.7. The van der Waals surface area contributed by atoms with Gasteiger partial charge in [-0.2, -0.15) is 0 Å². The first kappa shape index (κ1) is 31.6. The summed E-state index contributed by atoms with van der Waals surface area (Å²) in [6.45, 7) is 0. The smallest absolute Gasteiger partial charge is 0.159 e. The van der Waals surface area contributed by atoms with E-state index in [9.17, 15) is 0 Å². The van der Waals surface area contributed by atoms with E-state index in [2.05, 4.69) is 217 Å². The number of anilines is 3. The lowest BCUT2D eigenvalue weighted by atomic mass is 9.92. The van der Waals surface area contributed by atoms with Gasteiger partial charge in [-0.1, -0.05) is 176 Å². The first-order valence-corrected chi connectivity index (χ1v) is 18.4. The minimum Gasteiger partial charge on any atom is -0.453 e. The summed E-state index contributed by atoms with van der Waals surface area (Å²) in [5.41, 5.74) is 14.3. The second kappa shape index (κ2) is 13.4. The molecule has 0 spiro atoms. The number of fused-ring (bicyclic) bond motifs is 4. The highest BCUT2D eigenvalue weighted by Gasteiger charge is 2.21. The summed E-state index contributed by atoms with van der Waals surface area (Å²) < 4.78 is 6.97. The van der Waals surface area contributed by atoms with Crippen LogP contribution in [0.3, 0.4) is 0 Å². The lowest BCUT2D eigenvalue weighted by Gasteiger charge is -2.25. The van der Waals surface area contributed by atoms with Crippen LogP contribution in [-0.2, 0) is 0 Å². The lowest BCUT2D eigenvalue weighted by Crippen LogP contribution is -2.10. The third-order valence-electron chi connectivity index (χ3n) is 10.5. The van der Waals surface area contributed by atoms with Gasteiger partial charge in [0.2, 0.25) is 0 Å². The summed E-state index contributed by atoms with van der Waals surface area (Å²) in [6, 6.07) is 75.6. The Morgan fingerprint density at radius 1 is 0.296 bits per heavy atom. The first-order chi connectivity index (χ1) is 26.8. The molecule has 10 rings (SSSR count). The Morgan fingerprint density at radius 2 is 0.796 bits per heavy atom. The van der Waals surface area contributed by atoms with Crippen molar-refractivity contribution in [2.24, 2.45) is 0 Å². The van der Waals surface area contributed by atoms with Crippen molar-refractivity contribution in [1.29, 1.82) is 0 Å². The molecule has 2 nitrogen and oxygen atoms in total. The lowest BCUT2D eigenvalue weighted by molar-refractivity contribution is 0.670. The van der Waals surface area contributed by atoms with E-state index < -0.39 is 0 Å². The number of hydrogen-bond donors (Lipinski definition) is 0. The zero-order chi connectivity index (χ0) is 35.8. The van der Waals surface area contributed by atoms with E-state index >= 15 is 0 Å². The van der Waals surface area contributed by atoms with Gasteiger partial charge in [-0.3, -0.25) is 0 Å². The molecular formula is C52H35NO. The highest BCUT2D eigenvalue weighted by atomic mass is 16.3. The number of furan rings is 1. The van der Waals surface area contributed by atoms with E-state index in [0.717, 1.165) is 50.1 Å². The Balaban J connectivity index is 1.05. The molecule has 0 unspecified atom stereocenters. The van der Waals surface area contributed by atoms with E-state index in [1.165, 1.54) is 44.2 Å². The highest BCUT2D eigenvalue weighted by molar-refractivity contribution is 6.13. The fraction of sp³-hybridized carbons (Fsp3) is 0. The summed E-state index contributed by atoms with van der Waals surface area (Å²) in [4.78, 5) is 2.29. The third-order valence-corrected chi connectivity index (χ3v) is 10.5. The van der Waals surface area contributed by atoms with Crippen LogP contribution in [0.2, 0.25) is 0 Å². The van der Waals surface area contributed by atoms with Crippen LogP contribution in [0.15, 0.2) is 217 Å². The van der Waals surface area contributed by atoms with Gasteiger partial charge >= 0.3 is 0 Å². The molecule has 254 valence electrons. The number of para-hydroxylation sites is 3. The van der Waals surface area contributed by atoms with Gasteiger partial charge < -0.3 is 9.32 Å². The predicted molar refractivity (Wildman–Crippen MR) is 228 cm³/mol. The topological polar surface area (TPSA) is 16.4 Å². The van der Waals surface area contributed by atoms with Crippen LogP contribution in [0.25, 0.3) is 77.2 Å². The van der Waals surface area contributed by atoms with Crippen LogP contribution in [-0.4, -0.2) is 0 Å². The maximum Gasteiger partial charge on any atom is 0.159 e. The van der Waals surface area contributed by atoms with Gasteiger partial charge in [0.25, 0.3) is 0 Å². The molecule has 0 atom stereocenters. The second-order valence-electron chi connectivity index (χ2n) is 13.7. The van der Waals surface area contributed by atoms with Crippen molar-refractivity contribution >= 4 is 49.8 Å². The van der Waals surface area contributed by atoms with Crippen LogP contribution < -0.4 is 4.90 Å². The molecule has 1 aromatic heterocycles. The highest BCUT2D eigenvalue weighted by Crippen LogP contribution is 2.44. The summed E-state index contributed by atoms with van der Waals surface area (Å²) >= 11 is 0. The molecule has 0 saturated carbocycles. The Morgan fingerprint density at radius 3 is 1.54 bits per heavy atom. The molecule has 0 aliphatic rings. The summed E-state index contributed by atoms with van der Waals surface area (Å²) in [6.07, 6.45) is 0. The van der Waals surface area contributed by atoms with Gasteiger partial charge in [0.1, 0.15) is 5.58 Å². The molecule has 0 aliphatic carbocycles. The average Bonchev–Trinajstić information content (AvgIpc) is 3.65. The Hall–Kier alpha value is -7.16. The molecule has 0 saturated heterocycles. The maximum absolute atomic E-state index is 6.97. The molecule has 0 bridgehead atoms. The zero-order valence-electron chi connectivity index (χ0n) is 29.6. The fourth-order valence-electron chi connectivity index (χ4n) is 7.82. The SMILES string of the molecule is c1ccc(-c2ccc(N(c3ccccc3)c3cccc4c3oc3c(-c5ccc(-c6ccccc6-c6ccc7ccccc7c6)cc5)cccc34)cc2)cc1. The van der Waals surface area contributed by atoms with Gasteiger partial charge in [0, 0.05) is 27.7 Å². The average molecular weight is 690 g/mol. The molecule has 54 heavy (non-hydrogen) atoms. The van der Waals surface area contributed by atoms with Crippen LogP contribution in [0, 0.1) is 0 Å². The standard InChI is InChI=1S/C52H35NO/c1-3-13-36(14-4-1)38-31-33-44(34-32-38)53(43-17-5-2-6-18-43)50-24-12-23-49-48-22-11-21-47(51(48)54-52(49)50)40-28-26-39(27-29-40)45-19-9-10-20-46(45)42-30-25-37-15-7-8-16-41(37)35-42/h1-35H. The molecule has 10 aromatic rings. The van der Waals surface area contributed by atoms with E-state index in [-0.39, 0.29) is 0 Å². The molecule has 1 heterocycles. The third kappa shape index (κ3) is 5.62. The maximum atomic E-state index is 6.97. The molecule has 0 N–H and O–H groups in total. The Bertz CT molecular complexity index is 2910. The van der Waals surface area contributed by atoms with E-state index in [1.54, 1.807) is 0 Å². The minimum atomic E-state index is 0.858. The molecule has 9 aromatic carbocycles. The van der Waals surface area contributed by atoms with Crippen LogP contribution >= 0.6 is 0 Å². The van der Waals surface area contributed by atoms with Gasteiger partial charge in [0.15, 0.2) is 5.58 Å². The number of rotatable bonds is 7. The van der Waals surface area contributed by atoms with Crippen LogP contribution in [0.1, 0.15) is 0 Å². The first-order valence-electron chi connectivity index (χ1n) is 18.4. The molecule has 0 radical (unpaired) electrons. The van der Waals surface area contributed by atoms with Gasteiger partial charge in [0.05, 0.1) is 5.69 Å². The summed E-state index contributed by atoms with van der Waals surface area (Å²) in [7, 11) is 0. The molecule has 0 aliphatic heterocycles. The van der Waals surface area contributed by atoms with Crippen molar-refractivity contribution in [3.63, 3.8) is 0 Å². The molecule has 0 amide bonds. The zero-order valence-corrected chi connectivity index (χ0v) is 29.6. The van der Waals surface area contributed by atoms with Crippen molar-refractivity contribution in [2.45, 2.75) is 0 Å². The Labute approximate surface area is 314 Å². The van der Waals surface area contributed by atoms with Gasteiger partial charge in [-0.05, 0) is 86.1 Å². The quantitative estimate of drug-likeness (QED) is 0.166. The van der Waals surface area contributed by atoms with Crippen LogP contribution in [0.4, 0.5) is 17.1 Å². The number of nitrogens with zero attached hydrogens (tertiary/aromatic N) is 1. The van der Waals surface area contributed by atoms with Crippen molar-refractivity contribution in [2.75, 3.05) is 4.90 Å². The van der Waals surface area contributed by atoms with Crippen molar-refractivity contribution in [3.8, 4) is 44.5 Å². The Kier molecular flexibility index (Phi) is 7.85. The minimum absolute atomic E-state index is 0.858. The molecule has 0 fully saturated rings. The number of benzene rings is 9. The van der Waals surface area contributed by atoms with Gasteiger partial charge in [-0.15, -0.1) is 0 Å². The fourth-order valence-corrected chi connectivity index (χ4v) is 7.82. The van der Waals surface area contributed by atoms with E-state index in [1.807, 2.05) is 0 Å². The largest absolute Gasteiger partial charge is 0.453 e. The van der Waals surface area contributed by atoms with E-state index in [4.69, 9.17) is 4.42 Å². The molecular weight excluding hydrogens is 655 g/mol. The van der Waals surface area contributed by atoms with Crippen LogP contribution in [0.5, 0.6) is 0 Å². The predicted octanol–water partition coefficient (Wildman–Crippen LogP) is 14.9. The van der Waals surface area contributed by atoms with Gasteiger partial charge in [-0.25, -0.2) is 0 Å². The van der Waals surface area contributed by atoms with Crippen molar-refractivity contribution in [1.82, 2.24) is 0 Å². The van der Waals surface area contributed by atoms with Crippen molar-refractivity contribution in [3.05, 3.63) is 212 Å². The van der Waals surface area contributed by atoms with Crippen molar-refractivity contribution < 1.29 is 4.42 Å². The van der Waals surface area contributed by atoms with E-state index in [0.29, 0.717) is 0 Å². The molecule has 2 heteroatoms. The monoisotopic (exact) mass is 689 g/mol.